The van der Waals surface area contributed by atoms with Crippen molar-refractivity contribution in [3.63, 3.8) is 0 Å². The minimum absolute atomic E-state index is 0.0522. The number of esters is 1. The molecule has 5 rings (SSSR count). The topological polar surface area (TPSA) is 136 Å². The zero-order valence-electron chi connectivity index (χ0n) is 29.6. The highest BCUT2D eigenvalue weighted by molar-refractivity contribution is 6.35. The maximum atomic E-state index is 14.0. The minimum atomic E-state index is -1.81. The van der Waals surface area contributed by atoms with E-state index in [-0.39, 0.29) is 36.2 Å². The van der Waals surface area contributed by atoms with Crippen LogP contribution in [0.15, 0.2) is 35.9 Å². The molecule has 6 bridgehead atoms. The molecule has 1 aromatic rings. The van der Waals surface area contributed by atoms with E-state index in [9.17, 15) is 19.5 Å². The van der Waals surface area contributed by atoms with Crippen molar-refractivity contribution in [2.75, 3.05) is 33.2 Å². The van der Waals surface area contributed by atoms with E-state index in [0.717, 1.165) is 11.1 Å². The molecule has 2 amide bonds. The molecule has 0 radical (unpaired) electrons. The Morgan fingerprint density at radius 3 is 2.46 bits per heavy atom. The van der Waals surface area contributed by atoms with Gasteiger partial charge >= 0.3 is 12.1 Å². The van der Waals surface area contributed by atoms with Gasteiger partial charge in [0.1, 0.15) is 46.3 Å². The molecule has 0 spiro atoms. The van der Waals surface area contributed by atoms with Gasteiger partial charge in [-0.05, 0) is 72.7 Å². The maximum Gasteiger partial charge on any atom is 0.409 e. The van der Waals surface area contributed by atoms with Crippen LogP contribution in [0.5, 0.6) is 5.75 Å². The first-order valence-corrected chi connectivity index (χ1v) is 16.6. The quantitative estimate of drug-likeness (QED) is 0.410. The van der Waals surface area contributed by atoms with Crippen molar-refractivity contribution in [3.05, 3.63) is 46.5 Å². The van der Waals surface area contributed by atoms with Gasteiger partial charge < -0.3 is 33.7 Å². The lowest BCUT2D eigenvalue weighted by atomic mass is 9.72. The van der Waals surface area contributed by atoms with E-state index in [2.05, 4.69) is 5.32 Å². The number of carbonyl (C=O) groups is 3. The Kier molecular flexibility index (Phi) is 11.3. The van der Waals surface area contributed by atoms with Crippen molar-refractivity contribution in [1.82, 2.24) is 10.2 Å². The van der Waals surface area contributed by atoms with Crippen LogP contribution in [0.4, 0.5) is 10.5 Å². The highest BCUT2D eigenvalue weighted by atomic mass is 35.5. The number of rotatable bonds is 6. The van der Waals surface area contributed by atoms with Crippen molar-refractivity contribution in [3.8, 4) is 5.75 Å². The fourth-order valence-electron chi connectivity index (χ4n) is 6.75. The lowest BCUT2D eigenvalue weighted by Crippen LogP contribution is -2.72. The molecule has 12 nitrogen and oxygen atoms in total. The molecule has 0 aromatic heterocycles. The molecule has 13 heteroatoms. The Bertz CT molecular complexity index is 1460. The van der Waals surface area contributed by atoms with Gasteiger partial charge in [-0.3, -0.25) is 19.8 Å². The van der Waals surface area contributed by atoms with E-state index in [1.165, 1.54) is 19.1 Å². The number of methoxy groups -OCH3 is 2. The lowest BCUT2D eigenvalue weighted by molar-refractivity contribution is -0.328. The highest BCUT2D eigenvalue weighted by Gasteiger charge is 2.63. The second-order valence-electron chi connectivity index (χ2n) is 13.9. The number of alkyl carbamates (subject to hydrolysis) is 1. The first-order valence-electron chi connectivity index (χ1n) is 16.2. The number of fused-ring (bicyclic) bond motifs is 6. The van der Waals surface area contributed by atoms with Crippen LogP contribution in [0, 0.1) is 0 Å². The third-order valence-electron chi connectivity index (χ3n) is 9.89. The number of nitrogens with zero attached hydrogens (tertiary/aromatic N) is 2. The number of amides is 2. The summed E-state index contributed by atoms with van der Waals surface area (Å²) >= 11 is 6.74. The number of nitrogens with one attached hydrogen (secondary N) is 1. The number of ether oxygens (including phenoxy) is 5. The van der Waals surface area contributed by atoms with Crippen LogP contribution in [0.2, 0.25) is 5.02 Å². The highest BCUT2D eigenvalue weighted by Crippen LogP contribution is 2.50. The second-order valence-corrected chi connectivity index (χ2v) is 14.3. The van der Waals surface area contributed by atoms with Gasteiger partial charge in [-0.1, -0.05) is 35.4 Å². The SMILES string of the molecule is COc1cc2cc(c1Cl)N(C)C(=O)CC(OC(=O)C(C)N(C)C(C)C)C1(C)CC(C)(O1)C1CC(O)(NC(=O)O1)C(OC)/C=C/C=C(\C)C2. The molecule has 266 valence electrons. The number of likely N-dealkylation sites (N-methyl/N-ethyl adjacent to an activating group) is 1. The van der Waals surface area contributed by atoms with Crippen LogP contribution in [0.1, 0.15) is 66.4 Å². The van der Waals surface area contributed by atoms with E-state index < -0.39 is 53.3 Å². The van der Waals surface area contributed by atoms with E-state index in [0.29, 0.717) is 17.9 Å². The van der Waals surface area contributed by atoms with Crippen LogP contribution < -0.4 is 15.0 Å². The number of carbonyl (C=O) groups excluding carboxylic acids is 3. The number of benzene rings is 1. The smallest absolute Gasteiger partial charge is 0.409 e. The number of halogens is 1. The summed E-state index contributed by atoms with van der Waals surface area (Å²) < 4.78 is 29.5. The van der Waals surface area contributed by atoms with Crippen LogP contribution in [0.25, 0.3) is 0 Å². The Hall–Kier alpha value is -3.16. The van der Waals surface area contributed by atoms with Crippen LogP contribution in [-0.2, 0) is 35.0 Å². The van der Waals surface area contributed by atoms with Gasteiger partial charge in [0.05, 0.1) is 19.2 Å². The van der Waals surface area contributed by atoms with Crippen molar-refractivity contribution >= 4 is 35.3 Å². The fraction of sp³-hybridized carbons (Fsp3) is 0.629. The van der Waals surface area contributed by atoms with Crippen LogP contribution >= 0.6 is 11.6 Å². The normalized spacial score (nSPS) is 33.6. The molecule has 0 aliphatic carbocycles. The van der Waals surface area contributed by atoms with Gasteiger partial charge in [0.15, 0.2) is 5.72 Å². The number of allylic oxidation sites excluding steroid dienone is 3. The van der Waals surface area contributed by atoms with Gasteiger partial charge in [-0.25, -0.2) is 4.79 Å². The van der Waals surface area contributed by atoms with Gasteiger partial charge in [0.2, 0.25) is 5.91 Å². The number of aliphatic hydroxyl groups is 1. The zero-order chi connectivity index (χ0) is 35.8. The van der Waals surface area contributed by atoms with Crippen molar-refractivity contribution in [2.24, 2.45) is 0 Å². The molecule has 4 heterocycles. The Morgan fingerprint density at radius 1 is 1.19 bits per heavy atom. The summed E-state index contributed by atoms with van der Waals surface area (Å²) in [5.74, 6) is -0.470. The maximum absolute atomic E-state index is 14.0. The number of anilines is 1. The van der Waals surface area contributed by atoms with Gasteiger partial charge in [0, 0.05) is 33.0 Å². The summed E-state index contributed by atoms with van der Waals surface area (Å²) in [5, 5.41) is 14.5. The summed E-state index contributed by atoms with van der Waals surface area (Å²) in [6.45, 7) is 11.2. The van der Waals surface area contributed by atoms with E-state index in [1.54, 1.807) is 40.0 Å². The van der Waals surface area contributed by atoms with E-state index in [1.807, 2.05) is 50.9 Å². The molecule has 7 unspecified atom stereocenters. The van der Waals surface area contributed by atoms with Crippen molar-refractivity contribution < 1.29 is 43.2 Å². The summed E-state index contributed by atoms with van der Waals surface area (Å²) in [7, 11) is 6.39. The Labute approximate surface area is 288 Å². The Morgan fingerprint density at radius 2 is 1.85 bits per heavy atom. The second kappa shape index (κ2) is 14.4. The molecule has 0 saturated carbocycles. The van der Waals surface area contributed by atoms with Crippen LogP contribution in [0.3, 0.4) is 0 Å². The fourth-order valence-corrected chi connectivity index (χ4v) is 7.06. The first-order chi connectivity index (χ1) is 22.4. The Balaban J connectivity index is 1.80. The monoisotopic (exact) mass is 691 g/mol. The molecule has 4 aliphatic rings. The third kappa shape index (κ3) is 7.68. The summed E-state index contributed by atoms with van der Waals surface area (Å²) in [4.78, 5) is 43.6. The summed E-state index contributed by atoms with van der Waals surface area (Å²) in [6, 6.07) is 3.10. The molecule has 2 saturated heterocycles. The molecule has 2 N–H and O–H groups in total. The molecule has 48 heavy (non-hydrogen) atoms. The average molecular weight is 692 g/mol. The van der Waals surface area contributed by atoms with E-state index in [4.69, 9.17) is 35.3 Å². The van der Waals surface area contributed by atoms with Crippen LogP contribution in [-0.4, -0.2) is 104 Å². The molecular formula is C35H50ClN3O9. The average Bonchev–Trinajstić information content (AvgIpc) is 3.00. The zero-order valence-corrected chi connectivity index (χ0v) is 30.3. The van der Waals surface area contributed by atoms with Crippen molar-refractivity contribution in [2.45, 2.75) is 115 Å². The lowest BCUT2D eigenvalue weighted by Gasteiger charge is -2.59. The predicted molar refractivity (Wildman–Crippen MR) is 181 cm³/mol. The summed E-state index contributed by atoms with van der Waals surface area (Å²) in [5.41, 5.74) is -1.80. The van der Waals surface area contributed by atoms with Gasteiger partial charge in [-0.2, -0.15) is 0 Å². The van der Waals surface area contributed by atoms with E-state index >= 15 is 0 Å². The summed E-state index contributed by atoms with van der Waals surface area (Å²) in [6.07, 6.45) is 2.11. The predicted octanol–water partition coefficient (Wildman–Crippen LogP) is 4.54. The third-order valence-corrected chi connectivity index (χ3v) is 10.3. The molecular weight excluding hydrogens is 642 g/mol. The largest absolute Gasteiger partial charge is 0.495 e. The minimum Gasteiger partial charge on any atom is -0.495 e. The standard InChI is InChI=1S/C35H50ClN3O9/c1-20(2)38(7)22(4)31(41)46-27-17-29(40)39(8)24-15-23(16-25(44-9)30(24)36)14-21(3)12-11-13-26(45-10)35(43)18-28(47-32(42)37-35)34(6)19-33(27,5)48-34/h11-13,15-16,20,22,26-28,43H,14,17-19H2,1-10H3,(H,37,42)/b13-11+,21-12+. The van der Waals surface area contributed by atoms with Gasteiger partial charge in [0.25, 0.3) is 0 Å². The molecule has 1 aromatic carbocycles. The molecule has 4 aliphatic heterocycles. The number of hydrogen-bond donors (Lipinski definition) is 2. The molecule has 7 atom stereocenters. The molecule has 2 fully saturated rings. The first kappa shape index (κ1) is 37.7. The van der Waals surface area contributed by atoms with Crippen molar-refractivity contribution in [1.29, 1.82) is 0 Å². The van der Waals surface area contributed by atoms with Gasteiger partial charge in [-0.15, -0.1) is 0 Å². The number of hydrogen-bond acceptors (Lipinski definition) is 10.